The van der Waals surface area contributed by atoms with E-state index in [1.54, 1.807) is 0 Å². The maximum absolute atomic E-state index is 6.77. The first kappa shape index (κ1) is 81.7. The molecule has 0 saturated heterocycles. The first-order valence-electron chi connectivity index (χ1n) is 48.4. The summed E-state index contributed by atoms with van der Waals surface area (Å²) in [5.41, 5.74) is 15.4. The Morgan fingerprint density at radius 3 is 1.08 bits per heavy atom. The van der Waals surface area contributed by atoms with Crippen LogP contribution in [0.15, 0.2) is 472 Å². The maximum atomic E-state index is 6.77. The van der Waals surface area contributed by atoms with Gasteiger partial charge in [-0.3, -0.25) is 0 Å². The lowest BCUT2D eigenvalue weighted by molar-refractivity contribution is 0.670. The van der Waals surface area contributed by atoms with Crippen LogP contribution in [-0.2, 0) is 0 Å². The predicted octanol–water partition coefficient (Wildman–Crippen LogP) is 36.9. The van der Waals surface area contributed by atoms with Crippen LogP contribution in [0.5, 0.6) is 0 Å². The van der Waals surface area contributed by atoms with Crippen LogP contribution in [0.25, 0.3) is 304 Å². The van der Waals surface area contributed by atoms with Crippen molar-refractivity contribution in [2.75, 3.05) is 0 Å². The summed E-state index contributed by atoms with van der Waals surface area (Å²) in [5.74, 6) is 2.73. The number of thiophene rings is 2. The highest BCUT2D eigenvalue weighted by molar-refractivity contribution is 7.27. The zero-order valence-electron chi connectivity index (χ0n) is 76.8. The van der Waals surface area contributed by atoms with Gasteiger partial charge in [-0.05, 0) is 191 Å². The highest BCUT2D eigenvalue weighted by atomic mass is 32.1. The van der Waals surface area contributed by atoms with Gasteiger partial charge in [-0.25, -0.2) is 34.9 Å². The van der Waals surface area contributed by atoms with Gasteiger partial charge in [0.05, 0.1) is 33.8 Å². The number of furan rings is 1. The third-order valence-corrected chi connectivity index (χ3v) is 31.2. The minimum absolute atomic E-state index is 0.667. The average Bonchev–Trinajstić information content (AvgIpc) is 1.61. The second kappa shape index (κ2) is 33.2. The zero-order chi connectivity index (χ0) is 93.8. The SMILES string of the molecule is c1ccc(-c2cc(-c3ccccc3)nc(-c3ccc4c(c3)c3ccccc3c3ccc5c(sc6ccc7ccccc7c65)c34)n2)cc1.c1ccc(-c2ccc3ccc4ccc(-c5cc6oc7cc8c9ccccc9c9ccccc9c8cc7c6c6ccccc56)nc4c3n2)cc1.c1ccc(-c2nc(-c3ccccc3)nc(-c3cc4sc5cc6c7ccccc7c7ccccc7c6cc5c4c4ccccc34)n2)cc1. The van der Waals surface area contributed by atoms with Crippen molar-refractivity contribution in [1.82, 2.24) is 34.9 Å². The first-order chi connectivity index (χ1) is 70.9. The molecular formula is C133H77N7OS2. The summed E-state index contributed by atoms with van der Waals surface area (Å²) in [7, 11) is 0. The van der Waals surface area contributed by atoms with Crippen molar-refractivity contribution in [3.05, 3.63) is 467 Å². The molecule has 10 heteroatoms. The molecule has 143 heavy (non-hydrogen) atoms. The minimum atomic E-state index is 0.667. The van der Waals surface area contributed by atoms with E-state index in [9.17, 15) is 0 Å². The standard InChI is InChI=1S/C46H26N2O.C44H26N2S.C43H25N3S/c1-2-10-27(11-3-1)40-22-20-28-18-19-29-21-23-41(48-46(29)45(28)47-40)38-26-43-44(35-17-9-8-16-34(35)38)39-24-36-32-14-6-4-12-30(32)31-13-5-7-15-33(31)37(36)25-42(39)49-43;1-3-12-28(13-4-1)38-26-39(29-14-5-2-6-15-29)46-44(45-38)30-19-21-35-37(25-30)33-18-10-9-17-32(33)34-22-23-36-41-31-16-8-7-11-27(31)20-24-40(41)47-43(36)42(34)35;1-3-13-26(14-4-1)41-44-42(27-15-5-2-6-16-27)46-43(45-41)36-25-39-40(33-22-12-11-21-32(33)36)37-23-34-30-19-9-7-17-28(30)29-18-8-10-20-31(29)35(34)24-38(37)47-39/h1-26H;1-26H;1-25H. The van der Waals surface area contributed by atoms with E-state index in [4.69, 9.17) is 39.3 Å². The molecule has 0 saturated carbocycles. The average molecular weight is 1850 g/mol. The lowest BCUT2D eigenvalue weighted by Crippen LogP contribution is -2.00. The molecule has 662 valence electrons. The zero-order valence-corrected chi connectivity index (χ0v) is 78.4. The molecule has 0 bridgehead atoms. The van der Waals surface area contributed by atoms with Crippen molar-refractivity contribution in [3.63, 3.8) is 0 Å². The van der Waals surface area contributed by atoms with Gasteiger partial charge in [0, 0.05) is 112 Å². The molecule has 24 aromatic carbocycles. The van der Waals surface area contributed by atoms with Gasteiger partial charge in [-0.15, -0.1) is 22.7 Å². The summed E-state index contributed by atoms with van der Waals surface area (Å²) in [4.78, 5) is 35.9. The number of nitrogens with zero attached hydrogens (tertiary/aromatic N) is 7. The summed E-state index contributed by atoms with van der Waals surface area (Å²) in [6.45, 7) is 0. The first-order valence-corrected chi connectivity index (χ1v) is 50.0. The Morgan fingerprint density at radius 2 is 0.524 bits per heavy atom. The van der Waals surface area contributed by atoms with Crippen LogP contribution in [0.3, 0.4) is 0 Å². The minimum Gasteiger partial charge on any atom is -0.456 e. The van der Waals surface area contributed by atoms with Crippen LogP contribution in [0.4, 0.5) is 0 Å². The second-order valence-electron chi connectivity index (χ2n) is 37.0. The maximum Gasteiger partial charge on any atom is 0.164 e. The summed E-state index contributed by atoms with van der Waals surface area (Å²) in [5, 5.41) is 39.6. The van der Waals surface area contributed by atoms with Gasteiger partial charge in [0.1, 0.15) is 11.2 Å². The number of pyridine rings is 2. The van der Waals surface area contributed by atoms with E-state index in [-0.39, 0.29) is 0 Å². The molecule has 0 aliphatic carbocycles. The Morgan fingerprint density at radius 1 is 0.154 bits per heavy atom. The Balaban J connectivity index is 0.000000102. The van der Waals surface area contributed by atoms with Gasteiger partial charge in [0.25, 0.3) is 0 Å². The van der Waals surface area contributed by atoms with Crippen molar-refractivity contribution in [2.24, 2.45) is 0 Å². The van der Waals surface area contributed by atoms with E-state index in [1.807, 2.05) is 89.4 Å². The number of fused-ring (bicyclic) bond motifs is 37. The molecule has 0 radical (unpaired) electrons. The molecule has 0 aliphatic heterocycles. The molecule has 7 heterocycles. The monoisotopic (exact) mass is 1850 g/mol. The van der Waals surface area contributed by atoms with E-state index < -0.39 is 0 Å². The summed E-state index contributed by atoms with van der Waals surface area (Å²) >= 11 is 3.75. The van der Waals surface area contributed by atoms with Crippen molar-refractivity contribution in [3.8, 4) is 90.6 Å². The molecule has 0 spiro atoms. The largest absolute Gasteiger partial charge is 0.456 e. The third kappa shape index (κ3) is 13.5. The van der Waals surface area contributed by atoms with Gasteiger partial charge in [-0.2, -0.15) is 0 Å². The normalized spacial score (nSPS) is 11.9. The highest BCUT2D eigenvalue weighted by Gasteiger charge is 2.26. The Bertz CT molecular complexity index is 10700. The summed E-state index contributed by atoms with van der Waals surface area (Å²) < 4.78 is 11.9. The summed E-state index contributed by atoms with van der Waals surface area (Å²) in [6, 6.07) is 166. The van der Waals surface area contributed by atoms with E-state index in [1.165, 1.54) is 153 Å². The van der Waals surface area contributed by atoms with E-state index >= 15 is 0 Å². The number of rotatable bonds is 8. The van der Waals surface area contributed by atoms with Crippen molar-refractivity contribution in [2.45, 2.75) is 0 Å². The van der Waals surface area contributed by atoms with Crippen molar-refractivity contribution < 1.29 is 4.42 Å². The van der Waals surface area contributed by atoms with Crippen LogP contribution in [0.2, 0.25) is 0 Å². The fourth-order valence-electron chi connectivity index (χ4n) is 22.4. The van der Waals surface area contributed by atoms with Crippen LogP contribution >= 0.6 is 22.7 Å². The fraction of sp³-hybridized carbons (Fsp3) is 0. The van der Waals surface area contributed by atoms with E-state index in [0.29, 0.717) is 17.5 Å². The Kier molecular flexibility index (Phi) is 18.9. The molecule has 7 aromatic heterocycles. The fourth-order valence-corrected chi connectivity index (χ4v) is 24.8. The highest BCUT2D eigenvalue weighted by Crippen LogP contribution is 2.52. The second-order valence-corrected chi connectivity index (χ2v) is 39.1. The van der Waals surface area contributed by atoms with Crippen LogP contribution in [0, 0.1) is 0 Å². The number of hydrogen-bond acceptors (Lipinski definition) is 10. The predicted molar refractivity (Wildman–Crippen MR) is 606 cm³/mol. The molecule has 0 N–H and O–H groups in total. The topological polar surface area (TPSA) is 103 Å². The third-order valence-electron chi connectivity index (χ3n) is 28.9. The lowest BCUT2D eigenvalue weighted by Gasteiger charge is -2.13. The number of benzene rings is 24. The van der Waals surface area contributed by atoms with Crippen molar-refractivity contribution >= 4 is 236 Å². The van der Waals surface area contributed by atoms with Crippen molar-refractivity contribution in [1.29, 1.82) is 0 Å². The van der Waals surface area contributed by atoms with Gasteiger partial charge >= 0.3 is 0 Å². The van der Waals surface area contributed by atoms with Gasteiger partial charge in [0.15, 0.2) is 23.3 Å². The molecule has 8 nitrogen and oxygen atoms in total. The van der Waals surface area contributed by atoms with Crippen LogP contribution < -0.4 is 0 Å². The number of hydrogen-bond donors (Lipinski definition) is 0. The molecular weight excluding hydrogens is 1780 g/mol. The molecule has 0 unspecified atom stereocenters. The number of aromatic nitrogens is 7. The molecule has 31 rings (SSSR count). The smallest absolute Gasteiger partial charge is 0.164 e. The molecule has 0 atom stereocenters. The van der Waals surface area contributed by atoms with E-state index in [2.05, 4.69) is 400 Å². The van der Waals surface area contributed by atoms with Gasteiger partial charge in [0.2, 0.25) is 0 Å². The molecule has 0 aliphatic rings. The van der Waals surface area contributed by atoms with Gasteiger partial charge < -0.3 is 4.42 Å². The van der Waals surface area contributed by atoms with Crippen LogP contribution in [0.1, 0.15) is 0 Å². The molecule has 31 aromatic rings. The summed E-state index contributed by atoms with van der Waals surface area (Å²) in [6.07, 6.45) is 0. The lowest BCUT2D eigenvalue weighted by atomic mass is 9.92. The van der Waals surface area contributed by atoms with E-state index in [0.717, 1.165) is 133 Å². The molecule has 0 fully saturated rings. The van der Waals surface area contributed by atoms with Crippen LogP contribution in [-0.4, -0.2) is 34.9 Å². The Hall–Kier alpha value is -18.5. The van der Waals surface area contributed by atoms with Gasteiger partial charge in [-0.1, -0.05) is 400 Å². The quantitative estimate of drug-likeness (QED) is 0.139. The Labute approximate surface area is 826 Å². The molecule has 0 amide bonds.